The molecule has 24 heavy (non-hydrogen) atoms. The molecule has 2 N–H and O–H groups in total. The molecule has 1 aromatic carbocycles. The van der Waals surface area contributed by atoms with Crippen LogP contribution in [-0.2, 0) is 4.79 Å². The van der Waals surface area contributed by atoms with Crippen molar-refractivity contribution in [1.82, 2.24) is 15.3 Å². The Balaban J connectivity index is 1.46. The molecule has 0 spiro atoms. The number of rotatable bonds is 3. The van der Waals surface area contributed by atoms with Gasteiger partial charge in [-0.2, -0.15) is 4.98 Å². The average molecular weight is 343 g/mol. The van der Waals surface area contributed by atoms with Crippen molar-refractivity contribution in [1.29, 1.82) is 0 Å². The number of carbonyl (C=O) groups excluding carboxylic acids is 1. The van der Waals surface area contributed by atoms with Gasteiger partial charge in [-0.1, -0.05) is 11.8 Å². The van der Waals surface area contributed by atoms with Crippen LogP contribution < -0.4 is 20.3 Å². The third-order valence-electron chi connectivity index (χ3n) is 3.87. The molecule has 8 heteroatoms. The monoisotopic (exact) mass is 343 g/mol. The van der Waals surface area contributed by atoms with Gasteiger partial charge in [-0.15, -0.1) is 0 Å². The van der Waals surface area contributed by atoms with Gasteiger partial charge < -0.3 is 20.3 Å². The van der Waals surface area contributed by atoms with Gasteiger partial charge in [0.25, 0.3) is 0 Å². The summed E-state index contributed by atoms with van der Waals surface area (Å²) in [7, 11) is 0. The molecular formula is C16H17N5O2S. The maximum atomic E-state index is 11.3. The number of nitrogens with zero attached hydrogens (tertiary/aromatic N) is 3. The molecule has 4 rings (SSSR count). The number of nitrogens with one attached hydrogen (secondary N) is 2. The third kappa shape index (κ3) is 3.29. The Kier molecular flexibility index (Phi) is 4.22. The topological polar surface area (TPSA) is 79.4 Å². The standard InChI is InChI=1S/C16H17N5O2S/c22-14-10-24-15-13(19-14)9-18-16(20-15)23-12-3-1-11(2-4-12)21-7-5-17-6-8-21/h1-4,9,17H,5-8,10H2,(H,19,22). The van der Waals surface area contributed by atoms with E-state index in [2.05, 4.69) is 25.5 Å². The van der Waals surface area contributed by atoms with E-state index >= 15 is 0 Å². The van der Waals surface area contributed by atoms with Crippen molar-refractivity contribution in [2.24, 2.45) is 0 Å². The third-order valence-corrected chi connectivity index (χ3v) is 4.86. The van der Waals surface area contributed by atoms with Gasteiger partial charge in [-0.25, -0.2) is 4.98 Å². The smallest absolute Gasteiger partial charge is 0.323 e. The highest BCUT2D eigenvalue weighted by atomic mass is 32.2. The Hall–Kier alpha value is -2.32. The molecule has 2 aliphatic heterocycles. The van der Waals surface area contributed by atoms with Crippen LogP contribution in [0.4, 0.5) is 11.4 Å². The average Bonchev–Trinajstić information content (AvgIpc) is 2.63. The second-order valence-corrected chi connectivity index (χ2v) is 6.51. The zero-order valence-electron chi connectivity index (χ0n) is 13.0. The minimum Gasteiger partial charge on any atom is -0.424 e. The highest BCUT2D eigenvalue weighted by Crippen LogP contribution is 2.31. The van der Waals surface area contributed by atoms with E-state index in [1.165, 1.54) is 17.4 Å². The maximum absolute atomic E-state index is 11.3. The predicted octanol–water partition coefficient (Wildman–Crippen LogP) is 1.72. The number of amides is 1. The summed E-state index contributed by atoms with van der Waals surface area (Å²) in [5.74, 6) is 1.02. The molecule has 2 aromatic rings. The van der Waals surface area contributed by atoms with Gasteiger partial charge in [-0.05, 0) is 24.3 Å². The lowest BCUT2D eigenvalue weighted by Gasteiger charge is -2.29. The van der Waals surface area contributed by atoms with Gasteiger partial charge >= 0.3 is 6.01 Å². The van der Waals surface area contributed by atoms with Crippen LogP contribution in [-0.4, -0.2) is 47.8 Å². The molecule has 0 unspecified atom stereocenters. The van der Waals surface area contributed by atoms with Crippen LogP contribution in [0.15, 0.2) is 35.5 Å². The van der Waals surface area contributed by atoms with Crippen molar-refractivity contribution >= 4 is 29.0 Å². The Morgan fingerprint density at radius 1 is 1.17 bits per heavy atom. The second-order valence-electron chi connectivity index (χ2n) is 5.54. The first kappa shape index (κ1) is 15.2. The fraction of sp³-hybridized carbons (Fsp3) is 0.312. The van der Waals surface area contributed by atoms with E-state index in [-0.39, 0.29) is 11.9 Å². The lowest BCUT2D eigenvalue weighted by atomic mass is 10.2. The number of aromatic nitrogens is 2. The normalized spacial score (nSPS) is 17.2. The van der Waals surface area contributed by atoms with Crippen molar-refractivity contribution in [3.63, 3.8) is 0 Å². The lowest BCUT2D eigenvalue weighted by molar-refractivity contribution is -0.113. The van der Waals surface area contributed by atoms with Gasteiger partial charge in [0.1, 0.15) is 10.8 Å². The first-order valence-corrected chi connectivity index (χ1v) is 8.80. The summed E-state index contributed by atoms with van der Waals surface area (Å²) in [6.07, 6.45) is 1.58. The number of hydrogen-bond acceptors (Lipinski definition) is 7. The van der Waals surface area contributed by atoms with E-state index in [1.807, 2.05) is 24.3 Å². The Labute approximate surface area is 143 Å². The number of hydrogen-bond donors (Lipinski definition) is 2. The summed E-state index contributed by atoms with van der Waals surface area (Å²) in [5, 5.41) is 6.82. The second kappa shape index (κ2) is 6.66. The molecule has 7 nitrogen and oxygen atoms in total. The number of carbonyl (C=O) groups is 1. The van der Waals surface area contributed by atoms with E-state index in [9.17, 15) is 4.79 Å². The predicted molar refractivity (Wildman–Crippen MR) is 93.0 cm³/mol. The molecule has 0 bridgehead atoms. The number of piperazine rings is 1. The molecule has 1 fully saturated rings. The van der Waals surface area contributed by atoms with Crippen molar-refractivity contribution in [3.05, 3.63) is 30.5 Å². The Morgan fingerprint density at radius 3 is 2.75 bits per heavy atom. The summed E-state index contributed by atoms with van der Waals surface area (Å²) in [6.45, 7) is 4.04. The fourth-order valence-electron chi connectivity index (χ4n) is 2.67. The summed E-state index contributed by atoms with van der Waals surface area (Å²) >= 11 is 1.39. The highest BCUT2D eigenvalue weighted by Gasteiger charge is 2.18. The quantitative estimate of drug-likeness (QED) is 0.822. The molecule has 1 amide bonds. The van der Waals surface area contributed by atoms with Gasteiger partial charge in [0.15, 0.2) is 0 Å². The number of anilines is 2. The van der Waals surface area contributed by atoms with Crippen LogP contribution in [0.2, 0.25) is 0 Å². The van der Waals surface area contributed by atoms with E-state index in [0.29, 0.717) is 17.2 Å². The number of fused-ring (bicyclic) bond motifs is 1. The van der Waals surface area contributed by atoms with Gasteiger partial charge in [0.2, 0.25) is 5.91 Å². The molecule has 124 valence electrons. The molecule has 0 aliphatic carbocycles. The number of thioether (sulfide) groups is 1. The molecule has 0 saturated carbocycles. The number of benzene rings is 1. The molecule has 1 aromatic heterocycles. The summed E-state index contributed by atoms with van der Waals surface area (Å²) in [4.78, 5) is 22.2. The van der Waals surface area contributed by atoms with Crippen molar-refractivity contribution in [2.75, 3.05) is 42.1 Å². The molecule has 2 aliphatic rings. The first-order chi connectivity index (χ1) is 11.8. The van der Waals surface area contributed by atoms with E-state index < -0.39 is 0 Å². The van der Waals surface area contributed by atoms with Crippen LogP contribution in [0, 0.1) is 0 Å². The summed E-state index contributed by atoms with van der Waals surface area (Å²) in [6, 6.07) is 8.24. The molecule has 3 heterocycles. The Bertz CT molecular complexity index is 747. The Morgan fingerprint density at radius 2 is 1.96 bits per heavy atom. The summed E-state index contributed by atoms with van der Waals surface area (Å²) in [5.41, 5.74) is 1.83. The molecule has 0 radical (unpaired) electrons. The highest BCUT2D eigenvalue weighted by molar-refractivity contribution is 8.00. The van der Waals surface area contributed by atoms with Crippen molar-refractivity contribution in [2.45, 2.75) is 5.03 Å². The zero-order valence-corrected chi connectivity index (χ0v) is 13.8. The lowest BCUT2D eigenvalue weighted by Crippen LogP contribution is -2.43. The maximum Gasteiger partial charge on any atom is 0.323 e. The van der Waals surface area contributed by atoms with Crippen LogP contribution >= 0.6 is 11.8 Å². The van der Waals surface area contributed by atoms with E-state index in [0.717, 1.165) is 31.2 Å². The fourth-order valence-corrected chi connectivity index (χ4v) is 3.41. The molecule has 1 saturated heterocycles. The zero-order chi connectivity index (χ0) is 16.4. The number of ether oxygens (including phenoxy) is 1. The van der Waals surface area contributed by atoms with Crippen LogP contribution in [0.25, 0.3) is 0 Å². The van der Waals surface area contributed by atoms with E-state index in [4.69, 9.17) is 4.74 Å². The van der Waals surface area contributed by atoms with Gasteiger partial charge in [0, 0.05) is 31.9 Å². The van der Waals surface area contributed by atoms with Crippen molar-refractivity contribution in [3.8, 4) is 11.8 Å². The summed E-state index contributed by atoms with van der Waals surface area (Å²) < 4.78 is 5.73. The molecular weight excluding hydrogens is 326 g/mol. The first-order valence-electron chi connectivity index (χ1n) is 7.81. The van der Waals surface area contributed by atoms with Crippen LogP contribution in [0.5, 0.6) is 11.8 Å². The van der Waals surface area contributed by atoms with Crippen LogP contribution in [0.1, 0.15) is 0 Å². The van der Waals surface area contributed by atoms with Crippen molar-refractivity contribution < 1.29 is 9.53 Å². The van der Waals surface area contributed by atoms with Gasteiger partial charge in [0.05, 0.1) is 17.6 Å². The minimum absolute atomic E-state index is 0.0340. The largest absolute Gasteiger partial charge is 0.424 e. The van der Waals surface area contributed by atoms with Crippen LogP contribution in [0.3, 0.4) is 0 Å². The minimum atomic E-state index is -0.0340. The SMILES string of the molecule is O=C1CSc2nc(Oc3ccc(N4CCNCC4)cc3)ncc2N1. The molecule has 0 atom stereocenters. The van der Waals surface area contributed by atoms with Gasteiger partial charge in [-0.3, -0.25) is 4.79 Å². The van der Waals surface area contributed by atoms with E-state index in [1.54, 1.807) is 6.20 Å².